The molecule has 1 N–H and O–H groups in total. The lowest BCUT2D eigenvalue weighted by Crippen LogP contribution is -1.94. The minimum atomic E-state index is 0.274. The molecule has 3 nitrogen and oxygen atoms in total. The first kappa shape index (κ1) is 19.0. The molecule has 0 saturated carbocycles. The molecule has 1 heterocycles. The molecule has 29 heavy (non-hydrogen) atoms. The van der Waals surface area contributed by atoms with Crippen LogP contribution in [0.3, 0.4) is 0 Å². The van der Waals surface area contributed by atoms with Crippen LogP contribution in [0, 0.1) is 0 Å². The number of aromatic nitrogens is 2. The van der Waals surface area contributed by atoms with E-state index in [-0.39, 0.29) is 5.75 Å². The summed E-state index contributed by atoms with van der Waals surface area (Å²) in [5, 5.41) is 10.1. The second-order valence-electron chi connectivity index (χ2n) is 6.75. The smallest absolute Gasteiger partial charge is 0.133 e. The van der Waals surface area contributed by atoms with Gasteiger partial charge in [-0.15, -0.1) is 0 Å². The SMILES string of the molecule is CCn1cc(-c2ccccc2Cl)nc1C=Cc1ccc(-c2ccc(O)cc2)cc1. The fourth-order valence-corrected chi connectivity index (χ4v) is 3.46. The Hall–Kier alpha value is -3.30. The quantitative estimate of drug-likeness (QED) is 0.401. The minimum absolute atomic E-state index is 0.274. The predicted molar refractivity (Wildman–Crippen MR) is 121 cm³/mol. The highest BCUT2D eigenvalue weighted by Crippen LogP contribution is 2.27. The first-order valence-electron chi connectivity index (χ1n) is 9.53. The Labute approximate surface area is 175 Å². The number of aryl methyl sites for hydroxylation is 1. The molecule has 0 unspecified atom stereocenters. The van der Waals surface area contributed by atoms with E-state index in [2.05, 4.69) is 41.8 Å². The predicted octanol–water partition coefficient (Wildman–Crippen LogP) is 6.77. The number of rotatable bonds is 5. The first-order chi connectivity index (χ1) is 14.1. The van der Waals surface area contributed by atoms with Gasteiger partial charge in [-0.25, -0.2) is 4.98 Å². The molecule has 0 bridgehead atoms. The van der Waals surface area contributed by atoms with Gasteiger partial charge in [0.05, 0.1) is 10.7 Å². The van der Waals surface area contributed by atoms with Crippen molar-refractivity contribution < 1.29 is 5.11 Å². The Morgan fingerprint density at radius 1 is 0.897 bits per heavy atom. The lowest BCUT2D eigenvalue weighted by atomic mass is 10.0. The van der Waals surface area contributed by atoms with E-state index in [4.69, 9.17) is 16.6 Å². The summed E-state index contributed by atoms with van der Waals surface area (Å²) in [6, 6.07) is 23.3. The number of aromatic hydroxyl groups is 1. The molecule has 0 amide bonds. The highest BCUT2D eigenvalue weighted by molar-refractivity contribution is 6.33. The van der Waals surface area contributed by atoms with Crippen LogP contribution in [0.2, 0.25) is 5.02 Å². The van der Waals surface area contributed by atoms with E-state index >= 15 is 0 Å². The monoisotopic (exact) mass is 400 g/mol. The molecule has 1 aromatic heterocycles. The molecular formula is C25H21ClN2O. The fraction of sp³-hybridized carbons (Fsp3) is 0.0800. The number of imidazole rings is 1. The molecule has 0 aliphatic carbocycles. The number of phenols is 1. The summed E-state index contributed by atoms with van der Waals surface area (Å²) in [5.41, 5.74) is 5.09. The molecule has 0 atom stereocenters. The Kier molecular flexibility index (Phi) is 5.50. The Morgan fingerprint density at radius 2 is 1.55 bits per heavy atom. The van der Waals surface area contributed by atoms with E-state index < -0.39 is 0 Å². The molecule has 0 fully saturated rings. The number of halogens is 1. The molecular weight excluding hydrogens is 380 g/mol. The van der Waals surface area contributed by atoms with Gasteiger partial charge in [0.1, 0.15) is 11.6 Å². The zero-order valence-electron chi connectivity index (χ0n) is 16.1. The Balaban J connectivity index is 1.57. The van der Waals surface area contributed by atoms with Gasteiger partial charge in [0, 0.05) is 18.3 Å². The molecule has 0 aliphatic rings. The first-order valence-corrected chi connectivity index (χ1v) is 9.91. The van der Waals surface area contributed by atoms with Gasteiger partial charge in [-0.05, 0) is 47.9 Å². The van der Waals surface area contributed by atoms with Crippen molar-refractivity contribution in [1.82, 2.24) is 9.55 Å². The zero-order chi connectivity index (χ0) is 20.2. The van der Waals surface area contributed by atoms with E-state index in [9.17, 15) is 5.11 Å². The molecule has 4 rings (SSSR count). The van der Waals surface area contributed by atoms with Crippen LogP contribution in [0.15, 0.2) is 79.0 Å². The number of nitrogens with zero attached hydrogens (tertiary/aromatic N) is 2. The molecule has 0 aliphatic heterocycles. The van der Waals surface area contributed by atoms with E-state index in [0.29, 0.717) is 5.02 Å². The highest BCUT2D eigenvalue weighted by atomic mass is 35.5. The van der Waals surface area contributed by atoms with Crippen LogP contribution in [0.25, 0.3) is 34.5 Å². The highest BCUT2D eigenvalue weighted by Gasteiger charge is 2.09. The second kappa shape index (κ2) is 8.38. The second-order valence-corrected chi connectivity index (χ2v) is 7.16. The summed E-state index contributed by atoms with van der Waals surface area (Å²) >= 11 is 6.33. The normalized spacial score (nSPS) is 11.2. The van der Waals surface area contributed by atoms with Gasteiger partial charge < -0.3 is 9.67 Å². The van der Waals surface area contributed by atoms with Crippen LogP contribution in [-0.2, 0) is 6.54 Å². The molecule has 0 spiro atoms. The van der Waals surface area contributed by atoms with Crippen LogP contribution in [0.5, 0.6) is 5.75 Å². The average molecular weight is 401 g/mol. The molecule has 4 heteroatoms. The number of phenolic OH excluding ortho intramolecular Hbond substituents is 1. The van der Waals surface area contributed by atoms with E-state index in [1.54, 1.807) is 12.1 Å². The summed E-state index contributed by atoms with van der Waals surface area (Å²) in [4.78, 5) is 4.77. The van der Waals surface area contributed by atoms with Crippen molar-refractivity contribution in [2.75, 3.05) is 0 Å². The van der Waals surface area contributed by atoms with Crippen molar-refractivity contribution in [2.24, 2.45) is 0 Å². The fourth-order valence-electron chi connectivity index (χ4n) is 3.23. The third-order valence-electron chi connectivity index (χ3n) is 4.83. The molecule has 3 aromatic carbocycles. The van der Waals surface area contributed by atoms with Gasteiger partial charge in [-0.3, -0.25) is 0 Å². The van der Waals surface area contributed by atoms with Crippen molar-refractivity contribution in [2.45, 2.75) is 13.5 Å². The van der Waals surface area contributed by atoms with Gasteiger partial charge in [0.2, 0.25) is 0 Å². The van der Waals surface area contributed by atoms with E-state index in [0.717, 1.165) is 40.3 Å². The largest absolute Gasteiger partial charge is 0.508 e. The molecule has 0 radical (unpaired) electrons. The maximum Gasteiger partial charge on any atom is 0.133 e. The topological polar surface area (TPSA) is 38.0 Å². The summed E-state index contributed by atoms with van der Waals surface area (Å²) in [6.07, 6.45) is 6.12. The van der Waals surface area contributed by atoms with Crippen molar-refractivity contribution in [3.8, 4) is 28.1 Å². The maximum absolute atomic E-state index is 9.43. The van der Waals surface area contributed by atoms with Crippen molar-refractivity contribution in [3.63, 3.8) is 0 Å². The van der Waals surface area contributed by atoms with Crippen LogP contribution >= 0.6 is 11.6 Å². The third-order valence-corrected chi connectivity index (χ3v) is 5.16. The van der Waals surface area contributed by atoms with Crippen molar-refractivity contribution in [1.29, 1.82) is 0 Å². The van der Waals surface area contributed by atoms with Crippen molar-refractivity contribution >= 4 is 23.8 Å². The minimum Gasteiger partial charge on any atom is -0.508 e. The summed E-state index contributed by atoms with van der Waals surface area (Å²) in [5.74, 6) is 1.17. The van der Waals surface area contributed by atoms with Gasteiger partial charge in [0.15, 0.2) is 0 Å². The number of hydrogen-bond acceptors (Lipinski definition) is 2. The van der Waals surface area contributed by atoms with E-state index in [1.807, 2.05) is 48.7 Å². The Bertz CT molecular complexity index is 1140. The van der Waals surface area contributed by atoms with Gasteiger partial charge in [0.25, 0.3) is 0 Å². The number of hydrogen-bond donors (Lipinski definition) is 1. The maximum atomic E-state index is 9.43. The van der Waals surface area contributed by atoms with Crippen LogP contribution in [-0.4, -0.2) is 14.7 Å². The van der Waals surface area contributed by atoms with Gasteiger partial charge in [-0.2, -0.15) is 0 Å². The lowest BCUT2D eigenvalue weighted by molar-refractivity contribution is 0.475. The molecule has 4 aromatic rings. The van der Waals surface area contributed by atoms with Crippen LogP contribution < -0.4 is 0 Å². The lowest BCUT2D eigenvalue weighted by Gasteiger charge is -2.03. The average Bonchev–Trinajstić information content (AvgIpc) is 3.16. The van der Waals surface area contributed by atoms with Gasteiger partial charge in [-0.1, -0.05) is 72.3 Å². The van der Waals surface area contributed by atoms with Gasteiger partial charge >= 0.3 is 0 Å². The van der Waals surface area contributed by atoms with E-state index in [1.165, 1.54) is 0 Å². The van der Waals surface area contributed by atoms with Crippen LogP contribution in [0.4, 0.5) is 0 Å². The summed E-state index contributed by atoms with van der Waals surface area (Å²) in [7, 11) is 0. The third kappa shape index (κ3) is 4.25. The molecule has 144 valence electrons. The standard InChI is InChI=1S/C25H21ClN2O/c1-2-28-17-24(22-5-3-4-6-23(22)26)27-25(28)16-9-18-7-10-19(11-8-18)20-12-14-21(29)15-13-20/h3-17,29H,2H2,1H3. The van der Waals surface area contributed by atoms with Crippen molar-refractivity contribution in [3.05, 3.63) is 95.4 Å². The van der Waals surface area contributed by atoms with Crippen LogP contribution in [0.1, 0.15) is 18.3 Å². The summed E-state index contributed by atoms with van der Waals surface area (Å²) in [6.45, 7) is 2.93. The zero-order valence-corrected chi connectivity index (χ0v) is 16.8. The number of benzene rings is 3. The molecule has 0 saturated heterocycles. The summed E-state index contributed by atoms with van der Waals surface area (Å²) < 4.78 is 2.11. The Morgan fingerprint density at radius 3 is 2.21 bits per heavy atom.